The van der Waals surface area contributed by atoms with E-state index in [9.17, 15) is 19.7 Å². The largest absolute Gasteiger partial charge is 0.477 e. The van der Waals surface area contributed by atoms with E-state index in [1.807, 2.05) is 18.2 Å². The predicted octanol–water partition coefficient (Wildman–Crippen LogP) is 2.80. The number of aldehydes is 1. The summed E-state index contributed by atoms with van der Waals surface area (Å²) in [7, 11) is 0. The summed E-state index contributed by atoms with van der Waals surface area (Å²) in [5, 5.41) is 14.3. The molecule has 25 heavy (non-hydrogen) atoms. The summed E-state index contributed by atoms with van der Waals surface area (Å²) in [5.74, 6) is -0.476. The van der Waals surface area contributed by atoms with Gasteiger partial charge in [0.1, 0.15) is 6.29 Å². The number of nitrogens with one attached hydrogen (secondary N) is 1. The van der Waals surface area contributed by atoms with E-state index >= 15 is 0 Å². The van der Waals surface area contributed by atoms with Gasteiger partial charge in [0.2, 0.25) is 0 Å². The van der Waals surface area contributed by atoms with Crippen LogP contribution >= 0.6 is 11.6 Å². The number of carbonyl (C=O) groups excluding carboxylic acids is 2. The molecule has 0 saturated heterocycles. The minimum absolute atomic E-state index is 0.0689. The molecule has 2 aromatic carbocycles. The molecule has 0 aliphatic heterocycles. The van der Waals surface area contributed by atoms with Crippen LogP contribution in [0.2, 0.25) is 5.02 Å². The van der Waals surface area contributed by atoms with Crippen molar-refractivity contribution in [2.45, 2.75) is 6.42 Å². The van der Waals surface area contributed by atoms with Crippen LogP contribution in [0.3, 0.4) is 0 Å². The fourth-order valence-corrected chi connectivity index (χ4v) is 2.32. The van der Waals surface area contributed by atoms with Gasteiger partial charge in [0.25, 0.3) is 5.91 Å². The van der Waals surface area contributed by atoms with Crippen molar-refractivity contribution in [2.24, 2.45) is 0 Å². The Hall–Kier alpha value is -2.93. The van der Waals surface area contributed by atoms with E-state index in [0.29, 0.717) is 24.3 Å². The summed E-state index contributed by atoms with van der Waals surface area (Å²) in [6, 6.07) is 11.1. The average molecular weight is 363 g/mol. The van der Waals surface area contributed by atoms with Crippen molar-refractivity contribution >= 4 is 29.5 Å². The van der Waals surface area contributed by atoms with Crippen molar-refractivity contribution in [3.8, 4) is 5.75 Å². The second-order valence-electron chi connectivity index (χ2n) is 5.12. The van der Waals surface area contributed by atoms with Crippen molar-refractivity contribution in [2.75, 3.05) is 13.2 Å². The highest BCUT2D eigenvalue weighted by atomic mass is 35.5. The Morgan fingerprint density at radius 2 is 2.08 bits per heavy atom. The lowest BCUT2D eigenvalue weighted by Gasteiger charge is -2.08. The zero-order valence-corrected chi connectivity index (χ0v) is 13.9. The number of rotatable bonds is 8. The lowest BCUT2D eigenvalue weighted by atomic mass is 10.1. The van der Waals surface area contributed by atoms with Crippen LogP contribution in [0.4, 0.5) is 5.69 Å². The van der Waals surface area contributed by atoms with Gasteiger partial charge in [-0.2, -0.15) is 0 Å². The molecule has 0 fully saturated rings. The maximum Gasteiger partial charge on any atom is 0.311 e. The molecule has 0 atom stereocenters. The van der Waals surface area contributed by atoms with Gasteiger partial charge in [-0.3, -0.25) is 19.7 Å². The minimum Gasteiger partial charge on any atom is -0.477 e. The number of halogens is 1. The number of nitrogens with zero attached hydrogens (tertiary/aromatic N) is 1. The second kappa shape index (κ2) is 8.79. The molecule has 130 valence electrons. The molecule has 2 rings (SSSR count). The van der Waals surface area contributed by atoms with Crippen LogP contribution < -0.4 is 10.1 Å². The summed E-state index contributed by atoms with van der Waals surface area (Å²) >= 11 is 5.88. The summed E-state index contributed by atoms with van der Waals surface area (Å²) in [5.41, 5.74) is 0.773. The third-order valence-corrected chi connectivity index (χ3v) is 3.53. The molecular weight excluding hydrogens is 348 g/mol. The normalized spacial score (nSPS) is 10.1. The van der Waals surface area contributed by atoms with Gasteiger partial charge >= 0.3 is 5.69 Å². The monoisotopic (exact) mass is 362 g/mol. The molecule has 0 aromatic heterocycles. The summed E-state index contributed by atoms with van der Waals surface area (Å²) in [6.07, 6.45) is 1.10. The van der Waals surface area contributed by atoms with Gasteiger partial charge in [0, 0.05) is 23.2 Å². The summed E-state index contributed by atoms with van der Waals surface area (Å²) in [6.45, 7) is 0.0194. The van der Waals surface area contributed by atoms with E-state index in [1.54, 1.807) is 6.07 Å². The van der Waals surface area contributed by atoms with Crippen LogP contribution in [-0.2, 0) is 11.2 Å². The molecule has 0 saturated carbocycles. The van der Waals surface area contributed by atoms with Crippen molar-refractivity contribution in [1.82, 2.24) is 5.32 Å². The maximum atomic E-state index is 11.8. The number of nitro groups is 1. The van der Waals surface area contributed by atoms with Crippen molar-refractivity contribution in [1.29, 1.82) is 0 Å². The maximum absolute atomic E-state index is 11.8. The third kappa shape index (κ3) is 5.58. The highest BCUT2D eigenvalue weighted by molar-refractivity contribution is 6.30. The predicted molar refractivity (Wildman–Crippen MR) is 92.1 cm³/mol. The lowest BCUT2D eigenvalue weighted by molar-refractivity contribution is -0.385. The number of hydrogen-bond donors (Lipinski definition) is 1. The van der Waals surface area contributed by atoms with Gasteiger partial charge in [0.15, 0.2) is 12.4 Å². The zero-order chi connectivity index (χ0) is 18.2. The van der Waals surface area contributed by atoms with Gasteiger partial charge < -0.3 is 10.1 Å². The molecule has 0 aliphatic carbocycles. The molecular formula is C17H15ClN2O5. The lowest BCUT2D eigenvalue weighted by Crippen LogP contribution is -2.30. The van der Waals surface area contributed by atoms with Gasteiger partial charge in [-0.05, 0) is 36.2 Å². The molecule has 2 aromatic rings. The van der Waals surface area contributed by atoms with Gasteiger partial charge in [-0.25, -0.2) is 0 Å². The Bertz CT molecular complexity index is 794. The highest BCUT2D eigenvalue weighted by Crippen LogP contribution is 2.27. The fourth-order valence-electron chi connectivity index (χ4n) is 2.11. The topological polar surface area (TPSA) is 98.5 Å². The minimum atomic E-state index is -0.667. The third-order valence-electron chi connectivity index (χ3n) is 3.30. The Kier molecular flexibility index (Phi) is 6.47. The molecule has 0 bridgehead atoms. The first-order valence-corrected chi connectivity index (χ1v) is 7.75. The van der Waals surface area contributed by atoms with E-state index in [0.717, 1.165) is 11.6 Å². The number of hydrogen-bond acceptors (Lipinski definition) is 5. The van der Waals surface area contributed by atoms with Crippen molar-refractivity contribution < 1.29 is 19.2 Å². The molecule has 0 unspecified atom stereocenters. The first kappa shape index (κ1) is 18.4. The molecule has 0 aliphatic rings. The van der Waals surface area contributed by atoms with Crippen LogP contribution in [0.25, 0.3) is 0 Å². The highest BCUT2D eigenvalue weighted by Gasteiger charge is 2.17. The van der Waals surface area contributed by atoms with E-state index < -0.39 is 10.8 Å². The molecule has 1 N–H and O–H groups in total. The first-order chi connectivity index (χ1) is 12.0. The number of nitro benzene ring substituents is 1. The molecule has 1 amide bonds. The van der Waals surface area contributed by atoms with E-state index in [2.05, 4.69) is 5.32 Å². The number of carbonyl (C=O) groups is 2. The molecule has 7 nitrogen and oxygen atoms in total. The molecule has 0 radical (unpaired) electrons. The summed E-state index contributed by atoms with van der Waals surface area (Å²) in [4.78, 5) is 32.8. The van der Waals surface area contributed by atoms with E-state index in [4.69, 9.17) is 16.3 Å². The number of amides is 1. The molecule has 0 heterocycles. The average Bonchev–Trinajstić information content (AvgIpc) is 2.59. The van der Waals surface area contributed by atoms with Crippen LogP contribution in [0.15, 0.2) is 42.5 Å². The molecule has 8 heteroatoms. The second-order valence-corrected chi connectivity index (χ2v) is 5.56. The Morgan fingerprint density at radius 1 is 1.28 bits per heavy atom. The molecule has 0 spiro atoms. The van der Waals surface area contributed by atoms with E-state index in [-0.39, 0.29) is 23.6 Å². The number of benzene rings is 2. The van der Waals surface area contributed by atoms with E-state index in [1.165, 1.54) is 12.1 Å². The quantitative estimate of drug-likeness (QED) is 0.442. The standard InChI is InChI=1S/C17H15ClN2O5/c18-14-3-1-2-12(8-14)6-7-19-17(22)11-25-16-5-4-13(10-21)9-15(16)20(23)24/h1-5,8-10H,6-7,11H2,(H,19,22). The van der Waals surface area contributed by atoms with Crippen molar-refractivity contribution in [3.05, 3.63) is 68.7 Å². The van der Waals surface area contributed by atoms with Crippen LogP contribution in [0.1, 0.15) is 15.9 Å². The first-order valence-electron chi connectivity index (χ1n) is 7.37. The van der Waals surface area contributed by atoms with Gasteiger partial charge in [-0.1, -0.05) is 23.7 Å². The Morgan fingerprint density at radius 3 is 2.76 bits per heavy atom. The van der Waals surface area contributed by atoms with Crippen LogP contribution in [0.5, 0.6) is 5.75 Å². The Balaban J connectivity index is 1.85. The van der Waals surface area contributed by atoms with Crippen molar-refractivity contribution in [3.63, 3.8) is 0 Å². The van der Waals surface area contributed by atoms with Gasteiger partial charge in [-0.15, -0.1) is 0 Å². The smallest absolute Gasteiger partial charge is 0.311 e. The van der Waals surface area contributed by atoms with Gasteiger partial charge in [0.05, 0.1) is 4.92 Å². The summed E-state index contributed by atoms with van der Waals surface area (Å²) < 4.78 is 5.19. The van der Waals surface area contributed by atoms with Crippen LogP contribution in [0, 0.1) is 10.1 Å². The Labute approximate surface area is 148 Å². The zero-order valence-electron chi connectivity index (χ0n) is 13.1. The van der Waals surface area contributed by atoms with Crippen LogP contribution in [-0.4, -0.2) is 30.3 Å². The fraction of sp³-hybridized carbons (Fsp3) is 0.176. The SMILES string of the molecule is O=Cc1ccc(OCC(=O)NCCc2cccc(Cl)c2)c([N+](=O)[O-])c1. The number of ether oxygens (including phenoxy) is 1.